The number of hydrogen-bond donors (Lipinski definition) is 2. The summed E-state index contributed by atoms with van der Waals surface area (Å²) in [5.74, 6) is -1.57. The molecule has 0 saturated carbocycles. The van der Waals surface area contributed by atoms with E-state index in [0.29, 0.717) is 5.69 Å². The molecule has 0 unspecified atom stereocenters. The Labute approximate surface area is 81.3 Å². The highest BCUT2D eigenvalue weighted by Gasteiger charge is 2.14. The standard InChI is InChI=1S/C8H9NO4S/c9-7-3-1-6(2-4-7)8(10)5-14(11,12)13/h1-4H,5,9H2,(H,11,12,13). The molecule has 0 heterocycles. The number of carbonyl (C=O) groups is 1. The molecule has 0 aliphatic carbocycles. The first-order valence-electron chi connectivity index (χ1n) is 3.72. The van der Waals surface area contributed by atoms with E-state index in [0.717, 1.165) is 0 Å². The van der Waals surface area contributed by atoms with Gasteiger partial charge in [-0.05, 0) is 24.3 Å². The molecule has 3 N–H and O–H groups in total. The van der Waals surface area contributed by atoms with E-state index in [1.807, 2.05) is 0 Å². The number of hydrogen-bond acceptors (Lipinski definition) is 4. The van der Waals surface area contributed by atoms with Crippen LogP contribution in [0.25, 0.3) is 0 Å². The SMILES string of the molecule is Nc1ccc(C(=O)CS(=O)(=O)O)cc1. The second kappa shape index (κ2) is 3.77. The van der Waals surface area contributed by atoms with Crippen molar-refractivity contribution in [2.24, 2.45) is 0 Å². The van der Waals surface area contributed by atoms with Crippen molar-refractivity contribution in [1.29, 1.82) is 0 Å². The van der Waals surface area contributed by atoms with Gasteiger partial charge in [-0.25, -0.2) is 0 Å². The first-order chi connectivity index (χ1) is 6.38. The quantitative estimate of drug-likeness (QED) is 0.430. The van der Waals surface area contributed by atoms with Crippen molar-refractivity contribution >= 4 is 21.6 Å². The van der Waals surface area contributed by atoms with Gasteiger partial charge in [-0.1, -0.05) is 0 Å². The monoisotopic (exact) mass is 215 g/mol. The molecular formula is C8H9NO4S. The van der Waals surface area contributed by atoms with E-state index in [2.05, 4.69) is 0 Å². The molecule has 6 heteroatoms. The Kier molecular flexibility index (Phi) is 2.87. The number of rotatable bonds is 3. The fourth-order valence-corrected chi connectivity index (χ4v) is 1.42. The molecule has 1 aromatic rings. The highest BCUT2D eigenvalue weighted by molar-refractivity contribution is 7.86. The van der Waals surface area contributed by atoms with Crippen LogP contribution in [0.2, 0.25) is 0 Å². The number of ketones is 1. The molecule has 0 saturated heterocycles. The maximum Gasteiger partial charge on any atom is 0.272 e. The highest BCUT2D eigenvalue weighted by atomic mass is 32.2. The normalized spacial score (nSPS) is 11.2. The van der Waals surface area contributed by atoms with Crippen LogP contribution in [0.5, 0.6) is 0 Å². The molecule has 5 nitrogen and oxygen atoms in total. The average molecular weight is 215 g/mol. The van der Waals surface area contributed by atoms with Crippen molar-refractivity contribution < 1.29 is 17.8 Å². The molecule has 0 fully saturated rings. The van der Waals surface area contributed by atoms with Crippen molar-refractivity contribution in [3.8, 4) is 0 Å². The molecule has 0 aliphatic rings. The molecule has 76 valence electrons. The summed E-state index contributed by atoms with van der Waals surface area (Å²) in [6, 6.07) is 5.78. The molecule has 0 aromatic heterocycles. The second-order valence-electron chi connectivity index (χ2n) is 2.77. The smallest absolute Gasteiger partial charge is 0.272 e. The molecule has 0 aliphatic heterocycles. The molecule has 1 rings (SSSR count). The van der Waals surface area contributed by atoms with Crippen molar-refractivity contribution in [1.82, 2.24) is 0 Å². The maximum absolute atomic E-state index is 11.2. The third-order valence-corrected chi connectivity index (χ3v) is 2.17. The molecule has 0 radical (unpaired) electrons. The second-order valence-corrected chi connectivity index (χ2v) is 4.22. The minimum absolute atomic E-state index is 0.205. The molecule has 14 heavy (non-hydrogen) atoms. The molecule has 0 bridgehead atoms. The van der Waals surface area contributed by atoms with E-state index in [1.54, 1.807) is 0 Å². The lowest BCUT2D eigenvalue weighted by atomic mass is 10.1. The van der Waals surface area contributed by atoms with Gasteiger partial charge in [-0.3, -0.25) is 9.35 Å². The predicted molar refractivity (Wildman–Crippen MR) is 51.6 cm³/mol. The fourth-order valence-electron chi connectivity index (χ4n) is 0.918. The van der Waals surface area contributed by atoms with E-state index < -0.39 is 21.7 Å². The van der Waals surface area contributed by atoms with Gasteiger partial charge < -0.3 is 5.73 Å². The Balaban J connectivity index is 2.86. The molecule has 0 amide bonds. The Morgan fingerprint density at radius 3 is 2.21 bits per heavy atom. The molecule has 0 spiro atoms. The van der Waals surface area contributed by atoms with Crippen LogP contribution < -0.4 is 5.73 Å². The third kappa shape index (κ3) is 3.15. The van der Waals surface area contributed by atoms with Crippen LogP contribution in [0.1, 0.15) is 10.4 Å². The van der Waals surface area contributed by atoms with Gasteiger partial charge in [-0.15, -0.1) is 0 Å². The van der Waals surface area contributed by atoms with Gasteiger partial charge in [0.2, 0.25) is 0 Å². The lowest BCUT2D eigenvalue weighted by Crippen LogP contribution is -2.14. The summed E-state index contributed by atoms with van der Waals surface area (Å²) in [7, 11) is -4.26. The van der Waals surface area contributed by atoms with Crippen LogP contribution >= 0.6 is 0 Å². The van der Waals surface area contributed by atoms with Crippen LogP contribution in [-0.4, -0.2) is 24.5 Å². The van der Waals surface area contributed by atoms with E-state index >= 15 is 0 Å². The summed E-state index contributed by atoms with van der Waals surface area (Å²) < 4.78 is 29.2. The van der Waals surface area contributed by atoms with Gasteiger partial charge in [-0.2, -0.15) is 8.42 Å². The van der Waals surface area contributed by atoms with E-state index in [1.165, 1.54) is 24.3 Å². The van der Waals surface area contributed by atoms with Crippen LogP contribution in [-0.2, 0) is 10.1 Å². The molecule has 0 atom stereocenters. The number of carbonyl (C=O) groups excluding carboxylic acids is 1. The van der Waals surface area contributed by atoms with Gasteiger partial charge in [0.05, 0.1) is 0 Å². The van der Waals surface area contributed by atoms with Crippen molar-refractivity contribution in [2.45, 2.75) is 0 Å². The molecular weight excluding hydrogens is 206 g/mol. The number of benzene rings is 1. The summed E-state index contributed by atoms with van der Waals surface area (Å²) in [6.45, 7) is 0. The topological polar surface area (TPSA) is 97.5 Å². The molecule has 1 aromatic carbocycles. The fraction of sp³-hybridized carbons (Fsp3) is 0.125. The summed E-state index contributed by atoms with van der Waals surface area (Å²) in [5.41, 5.74) is 6.06. The summed E-state index contributed by atoms with van der Waals surface area (Å²) in [5, 5.41) is 0. The minimum atomic E-state index is -4.26. The van der Waals surface area contributed by atoms with Crippen molar-refractivity contribution in [3.63, 3.8) is 0 Å². The zero-order valence-electron chi connectivity index (χ0n) is 7.17. The van der Waals surface area contributed by atoms with E-state index in [4.69, 9.17) is 10.3 Å². The number of anilines is 1. The lowest BCUT2D eigenvalue weighted by Gasteiger charge is -1.98. The van der Waals surface area contributed by atoms with Crippen LogP contribution in [0.4, 0.5) is 5.69 Å². The van der Waals surface area contributed by atoms with Gasteiger partial charge in [0.1, 0.15) is 5.75 Å². The van der Waals surface area contributed by atoms with Gasteiger partial charge in [0.25, 0.3) is 10.1 Å². The summed E-state index contributed by atoms with van der Waals surface area (Å²) >= 11 is 0. The zero-order valence-corrected chi connectivity index (χ0v) is 7.99. The number of nitrogen functional groups attached to an aromatic ring is 1. The van der Waals surface area contributed by atoms with Crippen LogP contribution in [0.3, 0.4) is 0 Å². The highest BCUT2D eigenvalue weighted by Crippen LogP contribution is 2.06. The van der Waals surface area contributed by atoms with Crippen molar-refractivity contribution in [3.05, 3.63) is 29.8 Å². The first-order valence-corrected chi connectivity index (χ1v) is 5.33. The van der Waals surface area contributed by atoms with E-state index in [9.17, 15) is 13.2 Å². The van der Waals surface area contributed by atoms with Gasteiger partial charge in [0.15, 0.2) is 5.78 Å². The average Bonchev–Trinajstić information content (AvgIpc) is 2.02. The zero-order chi connectivity index (χ0) is 10.8. The first kappa shape index (κ1) is 10.7. The number of Topliss-reactive ketones (excluding diaryl/α,β-unsaturated/α-hetero) is 1. The Morgan fingerprint density at radius 1 is 1.29 bits per heavy atom. The van der Waals surface area contributed by atoms with Crippen LogP contribution in [0, 0.1) is 0 Å². The Hall–Kier alpha value is -1.40. The third-order valence-electron chi connectivity index (χ3n) is 1.55. The lowest BCUT2D eigenvalue weighted by molar-refractivity contribution is 0.101. The van der Waals surface area contributed by atoms with Crippen molar-refractivity contribution in [2.75, 3.05) is 11.5 Å². The largest absolute Gasteiger partial charge is 0.399 e. The van der Waals surface area contributed by atoms with Crippen LogP contribution in [0.15, 0.2) is 24.3 Å². The van der Waals surface area contributed by atoms with E-state index in [-0.39, 0.29) is 5.56 Å². The van der Waals surface area contributed by atoms with Gasteiger partial charge in [0, 0.05) is 11.3 Å². The minimum Gasteiger partial charge on any atom is -0.399 e. The maximum atomic E-state index is 11.2. The van der Waals surface area contributed by atoms with Gasteiger partial charge >= 0.3 is 0 Å². The summed E-state index contributed by atoms with van der Waals surface area (Å²) in [4.78, 5) is 11.2. The number of nitrogens with two attached hydrogens (primary N) is 1. The summed E-state index contributed by atoms with van der Waals surface area (Å²) in [6.07, 6.45) is 0. The predicted octanol–water partition coefficient (Wildman–Crippen LogP) is 0.339. The Morgan fingerprint density at radius 2 is 1.79 bits per heavy atom. The Bertz CT molecular complexity index is 435.